The van der Waals surface area contributed by atoms with E-state index >= 15 is 0 Å². The van der Waals surface area contributed by atoms with Gasteiger partial charge in [0, 0.05) is 18.7 Å². The fourth-order valence-electron chi connectivity index (χ4n) is 2.98. The summed E-state index contributed by atoms with van der Waals surface area (Å²) in [7, 11) is 0. The molecule has 0 aliphatic heterocycles. The lowest BCUT2D eigenvalue weighted by Crippen LogP contribution is -2.40. The monoisotopic (exact) mass is 264 g/mol. The smallest absolute Gasteiger partial charge is 0.218 e. The van der Waals surface area contributed by atoms with Gasteiger partial charge in [0.2, 0.25) is 5.88 Å². The van der Waals surface area contributed by atoms with Gasteiger partial charge in [-0.15, -0.1) is 0 Å². The maximum atomic E-state index is 5.89. The molecule has 5 nitrogen and oxygen atoms in total. The maximum Gasteiger partial charge on any atom is 0.218 e. The van der Waals surface area contributed by atoms with Crippen molar-refractivity contribution in [2.24, 2.45) is 11.7 Å². The summed E-state index contributed by atoms with van der Waals surface area (Å²) in [6.07, 6.45) is 5.26. The molecule has 2 atom stereocenters. The molecule has 106 valence electrons. The van der Waals surface area contributed by atoms with E-state index in [1.54, 1.807) is 6.33 Å². The summed E-state index contributed by atoms with van der Waals surface area (Å²) < 4.78 is 5.45. The van der Waals surface area contributed by atoms with Crippen LogP contribution in [0.1, 0.15) is 33.1 Å². The van der Waals surface area contributed by atoms with Crippen LogP contribution in [0.5, 0.6) is 5.88 Å². The molecule has 1 aliphatic rings. The van der Waals surface area contributed by atoms with Gasteiger partial charge in [0.1, 0.15) is 12.1 Å². The Kier molecular flexibility index (Phi) is 4.96. The van der Waals surface area contributed by atoms with E-state index in [-0.39, 0.29) is 0 Å². The summed E-state index contributed by atoms with van der Waals surface area (Å²) >= 11 is 0. The summed E-state index contributed by atoms with van der Waals surface area (Å²) in [5.74, 6) is 2.17. The van der Waals surface area contributed by atoms with Crippen molar-refractivity contribution in [1.29, 1.82) is 0 Å². The second kappa shape index (κ2) is 6.70. The van der Waals surface area contributed by atoms with Gasteiger partial charge in [0.25, 0.3) is 0 Å². The number of nitrogens with two attached hydrogens (primary N) is 1. The van der Waals surface area contributed by atoms with Crippen LogP contribution in [0.2, 0.25) is 0 Å². The molecule has 19 heavy (non-hydrogen) atoms. The highest BCUT2D eigenvalue weighted by atomic mass is 16.5. The summed E-state index contributed by atoms with van der Waals surface area (Å²) in [4.78, 5) is 10.9. The molecule has 2 rings (SSSR count). The van der Waals surface area contributed by atoms with Crippen LogP contribution >= 0.6 is 0 Å². The molecule has 1 aromatic heterocycles. The van der Waals surface area contributed by atoms with Crippen LogP contribution in [0.3, 0.4) is 0 Å². The number of nitrogens with zero attached hydrogens (tertiary/aromatic N) is 3. The van der Waals surface area contributed by atoms with Gasteiger partial charge in [-0.1, -0.05) is 6.42 Å². The van der Waals surface area contributed by atoms with Gasteiger partial charge in [-0.05, 0) is 39.2 Å². The second-order valence-electron chi connectivity index (χ2n) is 4.93. The van der Waals surface area contributed by atoms with Crippen molar-refractivity contribution >= 4 is 5.82 Å². The molecule has 1 saturated carbocycles. The Hall–Kier alpha value is -1.36. The molecule has 1 fully saturated rings. The van der Waals surface area contributed by atoms with Gasteiger partial charge in [-0.3, -0.25) is 0 Å². The minimum Gasteiger partial charge on any atom is -0.478 e. The standard InChI is InChI=1S/C14H24N4O/c1-3-18(12-7-5-6-11(12)9-15)13-8-14(19-4-2)17-10-16-13/h8,10-12H,3-7,9,15H2,1-2H3. The van der Waals surface area contributed by atoms with Crippen LogP contribution in [0.15, 0.2) is 12.4 Å². The normalized spacial score (nSPS) is 22.5. The molecule has 0 spiro atoms. The first-order valence-electron chi connectivity index (χ1n) is 7.21. The molecule has 5 heteroatoms. The average Bonchev–Trinajstić information content (AvgIpc) is 2.89. The number of anilines is 1. The first-order chi connectivity index (χ1) is 9.30. The minimum atomic E-state index is 0.499. The predicted molar refractivity (Wildman–Crippen MR) is 76.4 cm³/mol. The van der Waals surface area contributed by atoms with Gasteiger partial charge >= 0.3 is 0 Å². The molecule has 1 heterocycles. The maximum absolute atomic E-state index is 5.89. The molecule has 1 aromatic rings. The zero-order chi connectivity index (χ0) is 13.7. The molecule has 2 unspecified atom stereocenters. The van der Waals surface area contributed by atoms with Crippen molar-refractivity contribution in [3.05, 3.63) is 12.4 Å². The van der Waals surface area contributed by atoms with E-state index in [4.69, 9.17) is 10.5 Å². The fraction of sp³-hybridized carbons (Fsp3) is 0.714. The van der Waals surface area contributed by atoms with Gasteiger partial charge in [0.05, 0.1) is 6.61 Å². The van der Waals surface area contributed by atoms with Crippen LogP contribution in [-0.2, 0) is 0 Å². The van der Waals surface area contributed by atoms with E-state index in [0.717, 1.165) is 18.9 Å². The van der Waals surface area contributed by atoms with Crippen molar-refractivity contribution < 1.29 is 4.74 Å². The van der Waals surface area contributed by atoms with Crippen molar-refractivity contribution in [1.82, 2.24) is 9.97 Å². The Morgan fingerprint density at radius 3 is 2.89 bits per heavy atom. The molecular weight excluding hydrogens is 240 g/mol. The largest absolute Gasteiger partial charge is 0.478 e. The van der Waals surface area contributed by atoms with Gasteiger partial charge in [-0.2, -0.15) is 0 Å². The van der Waals surface area contributed by atoms with Crippen LogP contribution < -0.4 is 15.4 Å². The molecule has 0 aromatic carbocycles. The zero-order valence-corrected chi connectivity index (χ0v) is 11.9. The summed E-state index contributed by atoms with van der Waals surface area (Å²) in [5, 5.41) is 0. The Labute approximate surface area is 115 Å². The molecule has 1 aliphatic carbocycles. The number of hydrogen-bond donors (Lipinski definition) is 1. The molecule has 2 N–H and O–H groups in total. The highest BCUT2D eigenvalue weighted by Gasteiger charge is 2.31. The summed E-state index contributed by atoms with van der Waals surface area (Å²) in [6, 6.07) is 2.43. The highest BCUT2D eigenvalue weighted by Crippen LogP contribution is 2.32. The Morgan fingerprint density at radius 1 is 1.37 bits per heavy atom. The van der Waals surface area contributed by atoms with Crippen LogP contribution in [0, 0.1) is 5.92 Å². The van der Waals surface area contributed by atoms with E-state index in [2.05, 4.69) is 21.8 Å². The molecule has 0 amide bonds. The molecule has 0 saturated heterocycles. The Bertz CT molecular complexity index is 399. The molecule has 0 bridgehead atoms. The number of hydrogen-bond acceptors (Lipinski definition) is 5. The third-order valence-electron chi connectivity index (χ3n) is 3.88. The minimum absolute atomic E-state index is 0.499. The molecule has 0 radical (unpaired) electrons. The van der Waals surface area contributed by atoms with E-state index in [1.165, 1.54) is 19.3 Å². The van der Waals surface area contributed by atoms with E-state index in [0.29, 0.717) is 24.4 Å². The van der Waals surface area contributed by atoms with Crippen molar-refractivity contribution in [3.8, 4) is 5.88 Å². The van der Waals surface area contributed by atoms with Crippen LogP contribution in [-0.4, -0.2) is 35.7 Å². The lowest BCUT2D eigenvalue weighted by molar-refractivity contribution is 0.326. The van der Waals surface area contributed by atoms with E-state index in [9.17, 15) is 0 Å². The second-order valence-corrected chi connectivity index (χ2v) is 4.93. The predicted octanol–water partition coefficient (Wildman–Crippen LogP) is 1.83. The SMILES string of the molecule is CCOc1cc(N(CC)C2CCCC2CN)ncn1. The Balaban J connectivity index is 2.18. The summed E-state index contributed by atoms with van der Waals surface area (Å²) in [5.41, 5.74) is 5.89. The first kappa shape index (κ1) is 14.1. The van der Waals surface area contributed by atoms with Gasteiger partial charge < -0.3 is 15.4 Å². The van der Waals surface area contributed by atoms with Crippen LogP contribution in [0.4, 0.5) is 5.82 Å². The van der Waals surface area contributed by atoms with Crippen molar-refractivity contribution in [2.75, 3.05) is 24.6 Å². The quantitative estimate of drug-likeness (QED) is 0.849. The third-order valence-corrected chi connectivity index (χ3v) is 3.88. The van der Waals surface area contributed by atoms with Crippen molar-refractivity contribution in [2.45, 2.75) is 39.2 Å². The van der Waals surface area contributed by atoms with Gasteiger partial charge in [-0.25, -0.2) is 9.97 Å². The molecular formula is C14H24N4O. The lowest BCUT2D eigenvalue weighted by atomic mass is 10.0. The topological polar surface area (TPSA) is 64.3 Å². The summed E-state index contributed by atoms with van der Waals surface area (Å²) in [6.45, 7) is 6.43. The lowest BCUT2D eigenvalue weighted by Gasteiger charge is -2.32. The fourth-order valence-corrected chi connectivity index (χ4v) is 2.98. The number of ether oxygens (including phenoxy) is 1. The van der Waals surface area contributed by atoms with E-state index < -0.39 is 0 Å². The highest BCUT2D eigenvalue weighted by molar-refractivity contribution is 5.42. The van der Waals surface area contributed by atoms with Crippen molar-refractivity contribution in [3.63, 3.8) is 0 Å². The first-order valence-corrected chi connectivity index (χ1v) is 7.21. The van der Waals surface area contributed by atoms with Crippen LogP contribution in [0.25, 0.3) is 0 Å². The van der Waals surface area contributed by atoms with E-state index in [1.807, 2.05) is 13.0 Å². The van der Waals surface area contributed by atoms with Gasteiger partial charge in [0.15, 0.2) is 0 Å². The third kappa shape index (κ3) is 3.15. The number of rotatable bonds is 6. The Morgan fingerprint density at radius 2 is 2.21 bits per heavy atom. The number of aromatic nitrogens is 2. The average molecular weight is 264 g/mol. The zero-order valence-electron chi connectivity index (χ0n) is 11.9.